The minimum atomic E-state index is -1.50. The molecule has 0 aromatic carbocycles. The van der Waals surface area contributed by atoms with E-state index in [-0.39, 0.29) is 11.5 Å². The lowest BCUT2D eigenvalue weighted by Gasteiger charge is -2.63. The van der Waals surface area contributed by atoms with Gasteiger partial charge < -0.3 is 39.4 Å². The Hall–Kier alpha value is -0.580. The number of aliphatic hydroxyl groups is 4. The lowest BCUT2D eigenvalue weighted by molar-refractivity contribution is -0.359. The molecule has 206 valence electrons. The molecule has 13 atom stereocenters. The highest BCUT2D eigenvalue weighted by atomic mass is 16.7. The smallest absolute Gasteiger partial charge is 0.197 e. The number of aliphatic hydroxyl groups excluding tert-OH is 3. The van der Waals surface area contributed by atoms with Crippen molar-refractivity contribution in [3.05, 3.63) is 11.6 Å². The molecule has 8 nitrogen and oxygen atoms in total. The van der Waals surface area contributed by atoms with E-state index in [0.29, 0.717) is 24.4 Å². The molecule has 4 fully saturated rings. The van der Waals surface area contributed by atoms with Crippen molar-refractivity contribution in [2.75, 3.05) is 13.7 Å². The molecule has 0 aromatic rings. The second-order valence-electron chi connectivity index (χ2n) is 12.6. The summed E-state index contributed by atoms with van der Waals surface area (Å²) in [6.07, 6.45) is 3.88. The van der Waals surface area contributed by atoms with Crippen LogP contribution in [0.25, 0.3) is 0 Å². The van der Waals surface area contributed by atoms with Gasteiger partial charge in [-0.15, -0.1) is 0 Å². The highest BCUT2D eigenvalue weighted by molar-refractivity contribution is 5.25. The van der Waals surface area contributed by atoms with E-state index < -0.39 is 48.0 Å². The Labute approximate surface area is 215 Å². The molecule has 0 bridgehead atoms. The average molecular weight is 511 g/mol. The van der Waals surface area contributed by atoms with Gasteiger partial charge in [0.15, 0.2) is 12.1 Å². The van der Waals surface area contributed by atoms with Crippen molar-refractivity contribution in [1.29, 1.82) is 0 Å². The molecular weight excluding hydrogens is 464 g/mol. The Bertz CT molecular complexity index is 847. The number of ether oxygens (including phenoxy) is 4. The number of rotatable bonds is 4. The van der Waals surface area contributed by atoms with Gasteiger partial charge >= 0.3 is 0 Å². The third-order valence-electron chi connectivity index (χ3n) is 11.0. The van der Waals surface area contributed by atoms with Gasteiger partial charge in [-0.05, 0) is 82.0 Å². The number of fused-ring (bicyclic) bond motifs is 5. The van der Waals surface area contributed by atoms with Crippen LogP contribution in [0.3, 0.4) is 0 Å². The summed E-state index contributed by atoms with van der Waals surface area (Å²) in [5, 5.41) is 42.5. The summed E-state index contributed by atoms with van der Waals surface area (Å²) < 4.78 is 23.6. The summed E-state index contributed by atoms with van der Waals surface area (Å²) in [5.74, 6) is -0.200. The summed E-state index contributed by atoms with van der Waals surface area (Å²) in [5.41, 5.74) is 1.07. The molecule has 2 heterocycles. The van der Waals surface area contributed by atoms with E-state index in [1.54, 1.807) is 13.8 Å². The molecule has 0 aromatic heterocycles. The fourth-order valence-corrected chi connectivity index (χ4v) is 8.70. The fraction of sp³-hybridized carbons (Fsp3) is 0.929. The summed E-state index contributed by atoms with van der Waals surface area (Å²) >= 11 is 0. The van der Waals surface area contributed by atoms with Gasteiger partial charge in [-0.3, -0.25) is 0 Å². The summed E-state index contributed by atoms with van der Waals surface area (Å²) in [7, 11) is 1.50. The fourth-order valence-electron chi connectivity index (χ4n) is 8.70. The van der Waals surface area contributed by atoms with Crippen molar-refractivity contribution in [3.8, 4) is 0 Å². The maximum Gasteiger partial charge on any atom is 0.197 e. The van der Waals surface area contributed by atoms with Crippen molar-refractivity contribution >= 4 is 0 Å². The molecule has 2 saturated heterocycles. The zero-order chi connectivity index (χ0) is 26.0. The largest absolute Gasteiger partial charge is 0.388 e. The standard InChI is InChI=1S/C28H46O8/c1-15-22(30)23(31)24(33-5)25(35-15)36-18-8-11-26(3)17(14-18)6-7-19-20(26)9-12-27(4)21(19)10-13-34-28(27,32)16(2)29/h6,15-16,18-25,29-32H,7-14H2,1-5H3/t15-,16+,18+,19-,20+,21+,22+,23-,24+,25+,26+,27+,28-/m1/s1. The Kier molecular flexibility index (Phi) is 7.17. The van der Waals surface area contributed by atoms with Gasteiger partial charge in [-0.2, -0.15) is 0 Å². The topological polar surface area (TPSA) is 118 Å². The third-order valence-corrected chi connectivity index (χ3v) is 11.0. The Morgan fingerprint density at radius 2 is 1.83 bits per heavy atom. The second-order valence-corrected chi connectivity index (χ2v) is 12.6. The van der Waals surface area contributed by atoms with Crippen molar-refractivity contribution < 1.29 is 39.4 Å². The van der Waals surface area contributed by atoms with Crippen LogP contribution in [0.4, 0.5) is 0 Å². The molecule has 0 spiro atoms. The third kappa shape index (κ3) is 3.94. The molecule has 2 aliphatic heterocycles. The van der Waals surface area contributed by atoms with Crippen molar-refractivity contribution in [1.82, 2.24) is 0 Å². The average Bonchev–Trinajstić information content (AvgIpc) is 2.83. The highest BCUT2D eigenvalue weighted by Crippen LogP contribution is 2.65. The molecule has 5 rings (SSSR count). The lowest BCUT2D eigenvalue weighted by atomic mass is 9.45. The zero-order valence-corrected chi connectivity index (χ0v) is 22.4. The first-order valence-corrected chi connectivity index (χ1v) is 13.9. The molecule has 4 N–H and O–H groups in total. The van der Waals surface area contributed by atoms with E-state index in [1.165, 1.54) is 12.7 Å². The molecule has 0 unspecified atom stereocenters. The first kappa shape index (κ1) is 27.0. The number of allylic oxidation sites excluding steroid dienone is 1. The van der Waals surface area contributed by atoms with Gasteiger partial charge in [0.2, 0.25) is 0 Å². The maximum atomic E-state index is 11.4. The van der Waals surface area contributed by atoms with Crippen molar-refractivity contribution in [2.24, 2.45) is 28.6 Å². The van der Waals surface area contributed by atoms with E-state index >= 15 is 0 Å². The van der Waals surface area contributed by atoms with Crippen molar-refractivity contribution in [3.63, 3.8) is 0 Å². The Balaban J connectivity index is 1.32. The number of hydrogen-bond acceptors (Lipinski definition) is 8. The molecule has 2 saturated carbocycles. The van der Waals surface area contributed by atoms with Crippen LogP contribution in [0.5, 0.6) is 0 Å². The van der Waals surface area contributed by atoms with Crippen molar-refractivity contribution in [2.45, 2.75) is 121 Å². The molecular formula is C28H46O8. The van der Waals surface area contributed by atoms with Crippen LogP contribution in [0, 0.1) is 28.6 Å². The monoisotopic (exact) mass is 510 g/mol. The van der Waals surface area contributed by atoms with Gasteiger partial charge in [0, 0.05) is 12.5 Å². The van der Waals surface area contributed by atoms with Gasteiger partial charge in [-0.1, -0.05) is 25.5 Å². The number of methoxy groups -OCH3 is 1. The van der Waals surface area contributed by atoms with E-state index in [4.69, 9.17) is 18.9 Å². The van der Waals surface area contributed by atoms with Crippen LogP contribution in [0.15, 0.2) is 11.6 Å². The predicted molar refractivity (Wildman–Crippen MR) is 132 cm³/mol. The molecule has 5 aliphatic rings. The van der Waals surface area contributed by atoms with Crippen LogP contribution in [-0.4, -0.2) is 82.8 Å². The normalized spacial score (nSPS) is 54.0. The van der Waals surface area contributed by atoms with Crippen LogP contribution >= 0.6 is 0 Å². The zero-order valence-electron chi connectivity index (χ0n) is 22.4. The van der Waals surface area contributed by atoms with Gasteiger partial charge in [0.1, 0.15) is 24.4 Å². The maximum absolute atomic E-state index is 11.4. The van der Waals surface area contributed by atoms with E-state index in [2.05, 4.69) is 19.9 Å². The van der Waals surface area contributed by atoms with Crippen LogP contribution in [0.1, 0.15) is 72.6 Å². The van der Waals surface area contributed by atoms with Crippen LogP contribution in [-0.2, 0) is 18.9 Å². The van der Waals surface area contributed by atoms with Crippen LogP contribution in [0.2, 0.25) is 0 Å². The molecule has 36 heavy (non-hydrogen) atoms. The first-order chi connectivity index (χ1) is 17.0. The minimum absolute atomic E-state index is 0.0320. The summed E-state index contributed by atoms with van der Waals surface area (Å²) in [4.78, 5) is 0. The van der Waals surface area contributed by atoms with Gasteiger partial charge in [-0.25, -0.2) is 0 Å². The molecule has 3 aliphatic carbocycles. The molecule has 8 heteroatoms. The van der Waals surface area contributed by atoms with Crippen LogP contribution < -0.4 is 0 Å². The quantitative estimate of drug-likeness (QED) is 0.426. The molecule has 0 radical (unpaired) electrons. The first-order valence-electron chi connectivity index (χ1n) is 13.9. The minimum Gasteiger partial charge on any atom is -0.388 e. The Morgan fingerprint density at radius 3 is 2.53 bits per heavy atom. The van der Waals surface area contributed by atoms with Gasteiger partial charge in [0.25, 0.3) is 0 Å². The van der Waals surface area contributed by atoms with E-state index in [0.717, 1.165) is 44.9 Å². The highest BCUT2D eigenvalue weighted by Gasteiger charge is 2.64. The number of hydrogen-bond donors (Lipinski definition) is 4. The SMILES string of the molecule is CO[C@@H]1[C@H](O[C@H]2CC[C@@]3(C)C(=CC[C@@H]4[C@@H]3CC[C@@]3(C)[C@H]4CCO[C@]3(O)[C@H](C)O)C2)O[C@H](C)[C@H](O)[C@H]1O. The van der Waals surface area contributed by atoms with Gasteiger partial charge in [0.05, 0.1) is 18.8 Å². The summed E-state index contributed by atoms with van der Waals surface area (Å²) in [6, 6.07) is 0. The second kappa shape index (κ2) is 9.56. The molecule has 0 amide bonds. The summed E-state index contributed by atoms with van der Waals surface area (Å²) in [6.45, 7) is 8.39. The predicted octanol–water partition coefficient (Wildman–Crippen LogP) is 2.51. The lowest BCUT2D eigenvalue weighted by Crippen LogP contribution is -2.66. The Morgan fingerprint density at radius 1 is 1.08 bits per heavy atom. The van der Waals surface area contributed by atoms with E-state index in [1.807, 2.05) is 0 Å². The van der Waals surface area contributed by atoms with E-state index in [9.17, 15) is 20.4 Å².